The quantitative estimate of drug-likeness (QED) is 0.551. The van der Waals surface area contributed by atoms with Gasteiger partial charge in [-0.3, -0.25) is 9.69 Å². The Hall–Kier alpha value is -1.96. The maximum atomic E-state index is 12.4. The number of rotatable bonds is 4. The second-order valence-corrected chi connectivity index (χ2v) is 8.41. The second kappa shape index (κ2) is 7.34. The van der Waals surface area contributed by atoms with Crippen LogP contribution >= 0.6 is 23.1 Å². The van der Waals surface area contributed by atoms with E-state index >= 15 is 0 Å². The Morgan fingerprint density at radius 2 is 2.08 bits per heavy atom. The zero-order chi connectivity index (χ0) is 18.1. The van der Waals surface area contributed by atoms with Crippen LogP contribution in [0.3, 0.4) is 0 Å². The number of nitrogens with zero attached hydrogens (tertiary/aromatic N) is 3. The van der Waals surface area contributed by atoms with Crippen molar-refractivity contribution in [2.75, 3.05) is 12.8 Å². The molecule has 0 spiro atoms. The summed E-state index contributed by atoms with van der Waals surface area (Å²) in [5.74, 6) is 0. The summed E-state index contributed by atoms with van der Waals surface area (Å²) in [7, 11) is 0. The van der Waals surface area contributed by atoms with Crippen molar-refractivity contribution in [2.45, 2.75) is 31.6 Å². The zero-order valence-corrected chi connectivity index (χ0v) is 16.4. The van der Waals surface area contributed by atoms with Gasteiger partial charge >= 0.3 is 0 Å². The van der Waals surface area contributed by atoms with Crippen LogP contribution in [0.25, 0.3) is 11.3 Å². The van der Waals surface area contributed by atoms with Crippen LogP contribution < -0.4 is 5.56 Å². The molecule has 0 unspecified atom stereocenters. The molecule has 0 saturated heterocycles. The molecule has 26 heavy (non-hydrogen) atoms. The van der Waals surface area contributed by atoms with Gasteiger partial charge in [0.2, 0.25) is 0 Å². The molecular weight excluding hydrogens is 364 g/mol. The molecule has 3 heterocycles. The fourth-order valence-electron chi connectivity index (χ4n) is 3.29. The summed E-state index contributed by atoms with van der Waals surface area (Å²) < 4.78 is 0. The van der Waals surface area contributed by atoms with Crippen LogP contribution in [-0.4, -0.2) is 32.7 Å². The van der Waals surface area contributed by atoms with Crippen molar-refractivity contribution in [2.24, 2.45) is 0 Å². The van der Waals surface area contributed by atoms with Crippen molar-refractivity contribution >= 4 is 23.1 Å². The predicted molar refractivity (Wildman–Crippen MR) is 107 cm³/mol. The molecule has 0 aliphatic carbocycles. The van der Waals surface area contributed by atoms with Crippen LogP contribution in [0, 0.1) is 6.92 Å². The van der Waals surface area contributed by atoms with Crippen molar-refractivity contribution in [3.63, 3.8) is 0 Å². The SMILES string of the molecule is CSc1nc2c(c(=O)[nH]1)CN(Cc1sc(C)nc1-c1ccccc1)CC2. The minimum absolute atomic E-state index is 0.00665. The van der Waals surface area contributed by atoms with Gasteiger partial charge in [-0.15, -0.1) is 11.3 Å². The third kappa shape index (κ3) is 3.47. The molecule has 4 rings (SSSR count). The highest BCUT2D eigenvalue weighted by atomic mass is 32.2. The third-order valence-electron chi connectivity index (χ3n) is 4.54. The lowest BCUT2D eigenvalue weighted by Gasteiger charge is -2.27. The van der Waals surface area contributed by atoms with Gasteiger partial charge in [0.05, 0.1) is 22.0 Å². The summed E-state index contributed by atoms with van der Waals surface area (Å²) in [6.07, 6.45) is 2.74. The summed E-state index contributed by atoms with van der Waals surface area (Å²) >= 11 is 3.21. The van der Waals surface area contributed by atoms with Gasteiger partial charge in [0.25, 0.3) is 5.56 Å². The van der Waals surface area contributed by atoms with Gasteiger partial charge in [0.1, 0.15) is 0 Å². The molecule has 2 aromatic heterocycles. The van der Waals surface area contributed by atoms with Crippen LogP contribution in [0.5, 0.6) is 0 Å². The summed E-state index contributed by atoms with van der Waals surface area (Å²) in [6, 6.07) is 10.3. The maximum absolute atomic E-state index is 12.4. The average molecular weight is 385 g/mol. The Balaban J connectivity index is 1.59. The number of thioether (sulfide) groups is 1. The zero-order valence-electron chi connectivity index (χ0n) is 14.8. The molecule has 0 bridgehead atoms. The number of aromatic amines is 1. The van der Waals surface area contributed by atoms with Gasteiger partial charge in [0.15, 0.2) is 5.16 Å². The summed E-state index contributed by atoms with van der Waals surface area (Å²) in [4.78, 5) is 28.1. The first kappa shape index (κ1) is 17.5. The molecule has 1 N–H and O–H groups in total. The van der Waals surface area contributed by atoms with E-state index in [1.54, 1.807) is 11.3 Å². The molecular formula is C19H20N4OS2. The molecule has 1 aromatic carbocycles. The van der Waals surface area contributed by atoms with Crippen molar-refractivity contribution in [3.05, 3.63) is 61.8 Å². The number of H-pyrrole nitrogens is 1. The molecule has 0 atom stereocenters. The number of thiazole rings is 1. The topological polar surface area (TPSA) is 61.9 Å². The molecule has 1 aliphatic rings. The number of benzene rings is 1. The van der Waals surface area contributed by atoms with E-state index < -0.39 is 0 Å². The van der Waals surface area contributed by atoms with Gasteiger partial charge in [-0.25, -0.2) is 9.97 Å². The molecule has 134 valence electrons. The standard InChI is InChI=1S/C19H20N4OS2/c1-12-20-17(13-6-4-3-5-7-13)16(26-12)11-23-9-8-15-14(10-23)18(24)22-19(21-15)25-2/h3-7H,8-11H2,1-2H3,(H,21,22,24). The number of hydrogen-bond donors (Lipinski definition) is 1. The van der Waals surface area contributed by atoms with Gasteiger partial charge < -0.3 is 4.98 Å². The number of fused-ring (bicyclic) bond motifs is 1. The van der Waals surface area contributed by atoms with Crippen LogP contribution in [0.2, 0.25) is 0 Å². The molecule has 0 saturated carbocycles. The lowest BCUT2D eigenvalue weighted by Crippen LogP contribution is -2.35. The largest absolute Gasteiger partial charge is 0.301 e. The Morgan fingerprint density at radius 1 is 1.27 bits per heavy atom. The Kier molecular flexibility index (Phi) is 4.93. The van der Waals surface area contributed by atoms with Crippen LogP contribution in [0.15, 0.2) is 40.3 Å². The van der Waals surface area contributed by atoms with E-state index in [2.05, 4.69) is 27.0 Å². The number of hydrogen-bond acceptors (Lipinski definition) is 6. The molecule has 0 fully saturated rings. The first-order valence-corrected chi connectivity index (χ1v) is 10.6. The summed E-state index contributed by atoms with van der Waals surface area (Å²) in [5, 5.41) is 1.77. The second-order valence-electron chi connectivity index (χ2n) is 6.33. The van der Waals surface area contributed by atoms with Crippen LogP contribution in [0.4, 0.5) is 0 Å². The van der Waals surface area contributed by atoms with E-state index in [4.69, 9.17) is 4.98 Å². The summed E-state index contributed by atoms with van der Waals surface area (Å²) in [6.45, 7) is 4.39. The van der Waals surface area contributed by atoms with Gasteiger partial charge in [-0.05, 0) is 13.2 Å². The minimum atomic E-state index is -0.00665. The van der Waals surface area contributed by atoms with E-state index in [-0.39, 0.29) is 5.56 Å². The monoisotopic (exact) mass is 384 g/mol. The van der Waals surface area contributed by atoms with Crippen molar-refractivity contribution in [1.82, 2.24) is 19.9 Å². The van der Waals surface area contributed by atoms with Crippen molar-refractivity contribution in [1.29, 1.82) is 0 Å². The lowest BCUT2D eigenvalue weighted by molar-refractivity contribution is 0.243. The number of aromatic nitrogens is 3. The van der Waals surface area contributed by atoms with Crippen LogP contribution in [-0.2, 0) is 19.5 Å². The highest BCUT2D eigenvalue weighted by Gasteiger charge is 2.23. The van der Waals surface area contributed by atoms with E-state index in [0.29, 0.717) is 11.7 Å². The molecule has 0 amide bonds. The van der Waals surface area contributed by atoms with Gasteiger partial charge in [0, 0.05) is 36.5 Å². The Morgan fingerprint density at radius 3 is 2.85 bits per heavy atom. The van der Waals surface area contributed by atoms with E-state index in [0.717, 1.165) is 47.0 Å². The van der Waals surface area contributed by atoms with E-state index in [1.807, 2.05) is 31.4 Å². The predicted octanol–water partition coefficient (Wildman–Crippen LogP) is 3.48. The molecule has 3 aromatic rings. The van der Waals surface area contributed by atoms with Crippen molar-refractivity contribution in [3.8, 4) is 11.3 Å². The summed E-state index contributed by atoms with van der Waals surface area (Å²) in [5.41, 5.74) is 3.94. The average Bonchev–Trinajstić information content (AvgIpc) is 3.03. The highest BCUT2D eigenvalue weighted by Crippen LogP contribution is 2.30. The van der Waals surface area contributed by atoms with Crippen molar-refractivity contribution < 1.29 is 0 Å². The van der Waals surface area contributed by atoms with Crippen LogP contribution in [0.1, 0.15) is 21.1 Å². The highest BCUT2D eigenvalue weighted by molar-refractivity contribution is 7.98. The normalized spacial score (nSPS) is 14.4. The van der Waals surface area contributed by atoms with Gasteiger partial charge in [-0.1, -0.05) is 42.1 Å². The molecule has 5 nitrogen and oxygen atoms in total. The van der Waals surface area contributed by atoms with E-state index in [9.17, 15) is 4.79 Å². The lowest BCUT2D eigenvalue weighted by atomic mass is 10.1. The first-order chi connectivity index (χ1) is 12.6. The minimum Gasteiger partial charge on any atom is -0.301 e. The smallest absolute Gasteiger partial charge is 0.256 e. The molecule has 7 heteroatoms. The fraction of sp³-hybridized carbons (Fsp3) is 0.316. The van der Waals surface area contributed by atoms with E-state index in [1.165, 1.54) is 16.6 Å². The molecule has 1 aliphatic heterocycles. The third-order valence-corrected chi connectivity index (χ3v) is 6.07. The Bertz CT molecular complexity index is 981. The number of nitrogens with one attached hydrogen (secondary N) is 1. The Labute approximate surface area is 160 Å². The van der Waals surface area contributed by atoms with Gasteiger partial charge in [-0.2, -0.15) is 0 Å². The maximum Gasteiger partial charge on any atom is 0.256 e. The molecule has 0 radical (unpaired) electrons. The first-order valence-electron chi connectivity index (χ1n) is 8.54. The fourth-order valence-corrected chi connectivity index (χ4v) is 4.69. The number of aryl methyl sites for hydroxylation is 1.